The lowest BCUT2D eigenvalue weighted by atomic mass is 10.0. The number of carboxylic acid groups (broad SMARTS) is 1. The topological polar surface area (TPSA) is 57.5 Å². The molecule has 0 bridgehead atoms. The third-order valence-corrected chi connectivity index (χ3v) is 1.93. The molecule has 14 heavy (non-hydrogen) atoms. The Morgan fingerprint density at radius 2 is 2.21 bits per heavy atom. The van der Waals surface area contributed by atoms with Gasteiger partial charge in [-0.05, 0) is 24.1 Å². The molecule has 0 aliphatic heterocycles. The Hall–Kier alpha value is -1.42. The maximum atomic E-state index is 12.8. The van der Waals surface area contributed by atoms with E-state index in [1.54, 1.807) is 6.92 Å². The van der Waals surface area contributed by atoms with E-state index in [-0.39, 0.29) is 12.2 Å². The number of benzene rings is 1. The summed E-state index contributed by atoms with van der Waals surface area (Å²) in [6.07, 6.45) is -1.45. The second kappa shape index (κ2) is 4.19. The molecule has 4 heteroatoms. The molecule has 0 saturated heterocycles. The van der Waals surface area contributed by atoms with Gasteiger partial charge in [0.15, 0.2) is 0 Å². The molecule has 2 N–H and O–H groups in total. The monoisotopic (exact) mass is 198 g/mol. The number of hydrogen-bond acceptors (Lipinski definition) is 2. The Bertz CT molecular complexity index is 349. The van der Waals surface area contributed by atoms with Gasteiger partial charge >= 0.3 is 5.97 Å². The van der Waals surface area contributed by atoms with Crippen molar-refractivity contribution in [3.8, 4) is 0 Å². The van der Waals surface area contributed by atoms with Crippen molar-refractivity contribution >= 4 is 5.97 Å². The molecule has 76 valence electrons. The fourth-order valence-electron chi connectivity index (χ4n) is 1.16. The van der Waals surface area contributed by atoms with E-state index in [1.165, 1.54) is 18.2 Å². The number of rotatable bonds is 3. The third kappa shape index (κ3) is 2.53. The first-order valence-electron chi connectivity index (χ1n) is 4.16. The standard InChI is InChI=1S/C10H11FO3/c1-6-4-7(2-3-8(6)11)9(12)5-10(13)14/h2-4,9,12H,5H2,1H3,(H,13,14)/t9-/m1/s1. The molecule has 1 aromatic rings. The van der Waals surface area contributed by atoms with E-state index in [0.29, 0.717) is 11.1 Å². The summed E-state index contributed by atoms with van der Waals surface area (Å²) in [5.41, 5.74) is 0.818. The van der Waals surface area contributed by atoms with E-state index in [2.05, 4.69) is 0 Å². The van der Waals surface area contributed by atoms with Crippen molar-refractivity contribution in [2.75, 3.05) is 0 Å². The Kier molecular flexibility index (Phi) is 3.19. The number of aliphatic hydroxyl groups excluding tert-OH is 1. The lowest BCUT2D eigenvalue weighted by Crippen LogP contribution is -2.05. The SMILES string of the molecule is Cc1cc([C@H](O)CC(=O)O)ccc1F. The van der Waals surface area contributed by atoms with Gasteiger partial charge in [0.1, 0.15) is 5.82 Å². The van der Waals surface area contributed by atoms with Crippen molar-refractivity contribution in [3.63, 3.8) is 0 Å². The average Bonchev–Trinajstić information content (AvgIpc) is 2.08. The molecule has 0 aromatic heterocycles. The molecule has 1 rings (SSSR count). The highest BCUT2D eigenvalue weighted by Gasteiger charge is 2.12. The van der Waals surface area contributed by atoms with Crippen LogP contribution in [0.4, 0.5) is 4.39 Å². The highest BCUT2D eigenvalue weighted by Crippen LogP contribution is 2.19. The van der Waals surface area contributed by atoms with Crippen molar-refractivity contribution in [3.05, 3.63) is 35.1 Å². The van der Waals surface area contributed by atoms with E-state index < -0.39 is 12.1 Å². The molecular formula is C10H11FO3. The molecule has 0 aliphatic carbocycles. The third-order valence-electron chi connectivity index (χ3n) is 1.93. The van der Waals surface area contributed by atoms with Crippen LogP contribution in [0.3, 0.4) is 0 Å². The molecule has 0 saturated carbocycles. The molecule has 0 spiro atoms. The minimum absolute atomic E-state index is 0.365. The summed E-state index contributed by atoms with van der Waals surface area (Å²) in [5.74, 6) is -1.45. The molecular weight excluding hydrogens is 187 g/mol. The highest BCUT2D eigenvalue weighted by molar-refractivity contribution is 5.67. The van der Waals surface area contributed by atoms with Gasteiger partial charge in [0.2, 0.25) is 0 Å². The molecule has 3 nitrogen and oxygen atoms in total. The zero-order chi connectivity index (χ0) is 10.7. The van der Waals surface area contributed by atoms with Crippen LogP contribution in [-0.4, -0.2) is 16.2 Å². The Morgan fingerprint density at radius 3 is 2.71 bits per heavy atom. The maximum absolute atomic E-state index is 12.8. The van der Waals surface area contributed by atoms with E-state index in [0.717, 1.165) is 0 Å². The van der Waals surface area contributed by atoms with Gasteiger partial charge in [-0.15, -0.1) is 0 Å². The molecule has 0 unspecified atom stereocenters. The second-order valence-electron chi connectivity index (χ2n) is 3.12. The van der Waals surface area contributed by atoms with Crippen LogP contribution in [0.25, 0.3) is 0 Å². The van der Waals surface area contributed by atoms with Crippen LogP contribution in [-0.2, 0) is 4.79 Å². The first-order chi connectivity index (χ1) is 6.50. The van der Waals surface area contributed by atoms with Crippen LogP contribution in [0.2, 0.25) is 0 Å². The summed E-state index contributed by atoms with van der Waals surface area (Å²) in [6, 6.07) is 4.05. The maximum Gasteiger partial charge on any atom is 0.306 e. The van der Waals surface area contributed by atoms with E-state index in [4.69, 9.17) is 5.11 Å². The molecule has 0 amide bonds. The first-order valence-corrected chi connectivity index (χ1v) is 4.16. The average molecular weight is 198 g/mol. The van der Waals surface area contributed by atoms with Gasteiger partial charge in [-0.25, -0.2) is 4.39 Å². The minimum Gasteiger partial charge on any atom is -0.481 e. The van der Waals surface area contributed by atoms with Gasteiger partial charge in [-0.2, -0.15) is 0 Å². The van der Waals surface area contributed by atoms with E-state index in [1.807, 2.05) is 0 Å². The van der Waals surface area contributed by atoms with Crippen molar-refractivity contribution < 1.29 is 19.4 Å². The first kappa shape index (κ1) is 10.7. The van der Waals surface area contributed by atoms with Gasteiger partial charge in [-0.3, -0.25) is 4.79 Å². The second-order valence-corrected chi connectivity index (χ2v) is 3.12. The van der Waals surface area contributed by atoms with E-state index in [9.17, 15) is 14.3 Å². The lowest BCUT2D eigenvalue weighted by molar-refractivity contribution is -0.139. The zero-order valence-corrected chi connectivity index (χ0v) is 7.70. The predicted octanol–water partition coefficient (Wildman–Crippen LogP) is 1.64. The van der Waals surface area contributed by atoms with Gasteiger partial charge in [0.25, 0.3) is 0 Å². The molecule has 0 fully saturated rings. The normalized spacial score (nSPS) is 12.5. The number of aliphatic hydroxyl groups is 1. The smallest absolute Gasteiger partial charge is 0.306 e. The molecule has 0 radical (unpaired) electrons. The summed E-state index contributed by atoms with van der Waals surface area (Å²) < 4.78 is 12.8. The van der Waals surface area contributed by atoms with Crippen molar-refractivity contribution in [1.29, 1.82) is 0 Å². The van der Waals surface area contributed by atoms with Crippen LogP contribution in [0.1, 0.15) is 23.7 Å². The van der Waals surface area contributed by atoms with Gasteiger partial charge < -0.3 is 10.2 Å². The quantitative estimate of drug-likeness (QED) is 0.776. The Labute approximate surface area is 80.8 Å². The minimum atomic E-state index is -1.08. The molecule has 1 aromatic carbocycles. The lowest BCUT2D eigenvalue weighted by Gasteiger charge is -2.09. The Morgan fingerprint density at radius 1 is 1.57 bits per heavy atom. The molecule has 1 atom stereocenters. The highest BCUT2D eigenvalue weighted by atomic mass is 19.1. The van der Waals surface area contributed by atoms with Crippen LogP contribution < -0.4 is 0 Å². The number of carbonyl (C=O) groups is 1. The summed E-state index contributed by atoms with van der Waals surface area (Å²) in [6.45, 7) is 1.56. The number of hydrogen-bond donors (Lipinski definition) is 2. The van der Waals surface area contributed by atoms with Crippen LogP contribution >= 0.6 is 0 Å². The fourth-order valence-corrected chi connectivity index (χ4v) is 1.16. The summed E-state index contributed by atoms with van der Waals surface area (Å²) in [4.78, 5) is 10.3. The number of carboxylic acids is 1. The van der Waals surface area contributed by atoms with Crippen LogP contribution in [0, 0.1) is 12.7 Å². The number of halogens is 1. The van der Waals surface area contributed by atoms with Crippen LogP contribution in [0.15, 0.2) is 18.2 Å². The van der Waals surface area contributed by atoms with Gasteiger partial charge in [0, 0.05) is 0 Å². The summed E-state index contributed by atoms with van der Waals surface area (Å²) in [7, 11) is 0. The molecule has 0 heterocycles. The van der Waals surface area contributed by atoms with Gasteiger partial charge in [0.05, 0.1) is 12.5 Å². The summed E-state index contributed by atoms with van der Waals surface area (Å²) in [5, 5.41) is 17.8. The predicted molar refractivity (Wildman–Crippen MR) is 48.3 cm³/mol. The largest absolute Gasteiger partial charge is 0.481 e. The number of aliphatic carboxylic acids is 1. The van der Waals surface area contributed by atoms with Crippen LogP contribution in [0.5, 0.6) is 0 Å². The van der Waals surface area contributed by atoms with Crippen molar-refractivity contribution in [1.82, 2.24) is 0 Å². The summed E-state index contributed by atoms with van der Waals surface area (Å²) >= 11 is 0. The van der Waals surface area contributed by atoms with Gasteiger partial charge in [-0.1, -0.05) is 12.1 Å². The van der Waals surface area contributed by atoms with Crippen molar-refractivity contribution in [2.45, 2.75) is 19.4 Å². The fraction of sp³-hybridized carbons (Fsp3) is 0.300. The molecule has 0 aliphatic rings. The Balaban J connectivity index is 2.85. The van der Waals surface area contributed by atoms with Crippen molar-refractivity contribution in [2.24, 2.45) is 0 Å². The number of aryl methyl sites for hydroxylation is 1. The zero-order valence-electron chi connectivity index (χ0n) is 7.70. The van der Waals surface area contributed by atoms with E-state index >= 15 is 0 Å².